The number of halogens is 2. The van der Waals surface area contributed by atoms with Crippen molar-refractivity contribution in [3.63, 3.8) is 0 Å². The summed E-state index contributed by atoms with van der Waals surface area (Å²) in [5, 5.41) is 13.7. The summed E-state index contributed by atoms with van der Waals surface area (Å²) in [6.45, 7) is 16.7. The number of hydrogen-bond donors (Lipinski definition) is 2. The number of phenols is 1. The number of hydrogen-bond acceptors (Lipinski definition) is 3. The molecule has 176 valence electrons. The Morgan fingerprint density at radius 1 is 1.06 bits per heavy atom. The van der Waals surface area contributed by atoms with Crippen molar-refractivity contribution < 1.29 is 14.6 Å². The molecule has 1 unspecified atom stereocenters. The number of anilines is 1. The lowest BCUT2D eigenvalue weighted by Gasteiger charge is -2.28. The highest BCUT2D eigenvalue weighted by Crippen LogP contribution is 2.40. The predicted octanol–water partition coefficient (Wildman–Crippen LogP) is 7.65. The summed E-state index contributed by atoms with van der Waals surface area (Å²) in [6, 6.07) is 7.67. The third kappa shape index (κ3) is 5.90. The van der Waals surface area contributed by atoms with Crippen molar-refractivity contribution in [3.8, 4) is 11.5 Å². The second-order valence-corrected chi connectivity index (χ2v) is 10.9. The van der Waals surface area contributed by atoms with Crippen LogP contribution in [0.25, 0.3) is 0 Å². The first-order chi connectivity index (χ1) is 14.7. The molecule has 0 aliphatic carbocycles. The first kappa shape index (κ1) is 26.3. The Balaban J connectivity index is 2.36. The van der Waals surface area contributed by atoms with Gasteiger partial charge in [0.1, 0.15) is 5.75 Å². The molecule has 0 saturated heterocycles. The van der Waals surface area contributed by atoms with Crippen LogP contribution >= 0.6 is 23.2 Å². The van der Waals surface area contributed by atoms with Crippen molar-refractivity contribution in [2.45, 2.75) is 85.2 Å². The van der Waals surface area contributed by atoms with E-state index in [0.29, 0.717) is 29.2 Å². The van der Waals surface area contributed by atoms with E-state index in [2.05, 4.69) is 52.9 Å². The molecule has 0 bridgehead atoms. The number of ether oxygens (including phenoxy) is 1. The number of phenolic OH excluding ortho intramolecular Hbond substituents is 1. The molecule has 0 spiro atoms. The van der Waals surface area contributed by atoms with Gasteiger partial charge in [-0.05, 0) is 52.5 Å². The number of carbonyl (C=O) groups is 1. The van der Waals surface area contributed by atoms with Gasteiger partial charge >= 0.3 is 0 Å². The van der Waals surface area contributed by atoms with Gasteiger partial charge in [0.25, 0.3) is 5.91 Å². The number of benzene rings is 2. The molecule has 6 heteroatoms. The third-order valence-corrected chi connectivity index (χ3v) is 6.23. The van der Waals surface area contributed by atoms with E-state index in [1.165, 1.54) is 11.6 Å². The average molecular weight is 480 g/mol. The molecule has 0 radical (unpaired) electrons. The number of carbonyl (C=O) groups excluding carboxylic acids is 1. The lowest BCUT2D eigenvalue weighted by Crippen LogP contribution is -2.33. The van der Waals surface area contributed by atoms with Gasteiger partial charge in [0.15, 0.2) is 11.9 Å². The van der Waals surface area contributed by atoms with Crippen LogP contribution in [0.4, 0.5) is 5.69 Å². The molecule has 1 atom stereocenters. The number of amides is 1. The van der Waals surface area contributed by atoms with E-state index in [-0.39, 0.29) is 33.2 Å². The second-order valence-electron chi connectivity index (χ2n) is 10.1. The molecule has 0 saturated carbocycles. The first-order valence-electron chi connectivity index (χ1n) is 11.0. The van der Waals surface area contributed by atoms with Gasteiger partial charge < -0.3 is 15.2 Å². The van der Waals surface area contributed by atoms with Crippen LogP contribution in [0, 0.1) is 0 Å². The zero-order chi connectivity index (χ0) is 24.4. The van der Waals surface area contributed by atoms with E-state index in [0.717, 1.165) is 5.56 Å². The molecule has 1 amide bonds. The van der Waals surface area contributed by atoms with Crippen molar-refractivity contribution in [1.29, 1.82) is 0 Å². The maximum absolute atomic E-state index is 13.0. The molecule has 0 aliphatic heterocycles. The van der Waals surface area contributed by atoms with E-state index >= 15 is 0 Å². The van der Waals surface area contributed by atoms with Crippen molar-refractivity contribution in [2.75, 3.05) is 5.32 Å². The van der Waals surface area contributed by atoms with Crippen LogP contribution in [0.15, 0.2) is 24.3 Å². The van der Waals surface area contributed by atoms with Gasteiger partial charge in [-0.2, -0.15) is 0 Å². The molecule has 2 rings (SSSR count). The zero-order valence-corrected chi connectivity index (χ0v) is 21.8. The predicted molar refractivity (Wildman–Crippen MR) is 135 cm³/mol. The molecule has 32 heavy (non-hydrogen) atoms. The van der Waals surface area contributed by atoms with Crippen LogP contribution in [-0.2, 0) is 22.0 Å². The second kappa shape index (κ2) is 9.93. The monoisotopic (exact) mass is 479 g/mol. The summed E-state index contributed by atoms with van der Waals surface area (Å²) in [4.78, 5) is 13.0. The lowest BCUT2D eigenvalue weighted by molar-refractivity contribution is -0.122. The Hall–Kier alpha value is -1.91. The van der Waals surface area contributed by atoms with Gasteiger partial charge in [-0.15, -0.1) is 0 Å². The highest BCUT2D eigenvalue weighted by atomic mass is 35.5. The highest BCUT2D eigenvalue weighted by molar-refractivity contribution is 6.37. The van der Waals surface area contributed by atoms with E-state index in [4.69, 9.17) is 27.9 Å². The van der Waals surface area contributed by atoms with Gasteiger partial charge in [0.2, 0.25) is 0 Å². The molecule has 2 aromatic rings. The SMILES string of the molecule is CCc1c(Cl)cc(NC(=O)C(CC)Oc2ccc(C(C)(C)C)cc2C(C)(C)C)c(O)c1Cl. The fourth-order valence-electron chi connectivity index (χ4n) is 3.44. The van der Waals surface area contributed by atoms with Crippen LogP contribution in [0.1, 0.15) is 78.5 Å². The van der Waals surface area contributed by atoms with E-state index < -0.39 is 6.10 Å². The minimum absolute atomic E-state index is 0.000772. The standard InChI is InChI=1S/C26H35Cl2NO3/c1-9-16-18(27)14-19(23(30)22(16)28)29-24(31)20(10-2)32-21-12-11-15(25(3,4)5)13-17(21)26(6,7)8/h11-14,20,30H,9-10H2,1-8H3,(H,29,31). The maximum atomic E-state index is 13.0. The lowest BCUT2D eigenvalue weighted by atomic mass is 9.80. The van der Waals surface area contributed by atoms with Crippen molar-refractivity contribution in [1.82, 2.24) is 0 Å². The normalized spacial score (nSPS) is 13.1. The summed E-state index contributed by atoms with van der Waals surface area (Å²) in [5.74, 6) is 0.106. The van der Waals surface area contributed by atoms with Crippen molar-refractivity contribution in [2.24, 2.45) is 0 Å². The van der Waals surface area contributed by atoms with E-state index in [1.54, 1.807) is 0 Å². The minimum atomic E-state index is -0.751. The van der Waals surface area contributed by atoms with E-state index in [9.17, 15) is 9.90 Å². The quantitative estimate of drug-likeness (QED) is 0.418. The van der Waals surface area contributed by atoms with Crippen molar-refractivity contribution >= 4 is 34.8 Å². The highest BCUT2D eigenvalue weighted by Gasteiger charge is 2.27. The van der Waals surface area contributed by atoms with Crippen LogP contribution < -0.4 is 10.1 Å². The topological polar surface area (TPSA) is 58.6 Å². The molecule has 2 aromatic carbocycles. The summed E-state index contributed by atoms with van der Waals surface area (Å²) in [5.41, 5.74) is 2.89. The van der Waals surface area contributed by atoms with E-state index in [1.807, 2.05) is 26.0 Å². The van der Waals surface area contributed by atoms with Crippen LogP contribution in [0.2, 0.25) is 10.0 Å². The summed E-state index contributed by atoms with van der Waals surface area (Å²) in [7, 11) is 0. The zero-order valence-electron chi connectivity index (χ0n) is 20.3. The Labute approximate surface area is 202 Å². The van der Waals surface area contributed by atoms with Gasteiger partial charge in [-0.1, -0.05) is 90.7 Å². The smallest absolute Gasteiger partial charge is 0.265 e. The number of nitrogens with one attached hydrogen (secondary N) is 1. The van der Waals surface area contributed by atoms with Gasteiger partial charge in [0.05, 0.1) is 10.7 Å². The number of aromatic hydroxyl groups is 1. The number of rotatable bonds is 6. The summed E-state index contributed by atoms with van der Waals surface area (Å²) in [6.07, 6.45) is 0.269. The van der Waals surface area contributed by atoms with Crippen LogP contribution in [-0.4, -0.2) is 17.1 Å². The molecular formula is C26H35Cl2NO3. The van der Waals surface area contributed by atoms with Gasteiger partial charge in [0, 0.05) is 5.02 Å². The molecule has 0 heterocycles. The molecule has 4 nitrogen and oxygen atoms in total. The first-order valence-corrected chi connectivity index (χ1v) is 11.8. The molecule has 0 fully saturated rings. The third-order valence-electron chi connectivity index (χ3n) is 5.48. The molecule has 2 N–H and O–H groups in total. The molecule has 0 aliphatic rings. The fraction of sp³-hybridized carbons (Fsp3) is 0.500. The van der Waals surface area contributed by atoms with Gasteiger partial charge in [-0.3, -0.25) is 4.79 Å². The van der Waals surface area contributed by atoms with Crippen LogP contribution in [0.3, 0.4) is 0 Å². The Kier molecular flexibility index (Phi) is 8.17. The Bertz CT molecular complexity index is 988. The maximum Gasteiger partial charge on any atom is 0.265 e. The van der Waals surface area contributed by atoms with Crippen molar-refractivity contribution in [3.05, 3.63) is 51.0 Å². The fourth-order valence-corrected chi connectivity index (χ4v) is 4.16. The molecule has 0 aromatic heterocycles. The Morgan fingerprint density at radius 3 is 2.19 bits per heavy atom. The largest absolute Gasteiger partial charge is 0.504 e. The molecular weight excluding hydrogens is 445 g/mol. The minimum Gasteiger partial charge on any atom is -0.504 e. The summed E-state index contributed by atoms with van der Waals surface area (Å²) < 4.78 is 6.21. The average Bonchev–Trinajstić information content (AvgIpc) is 2.68. The summed E-state index contributed by atoms with van der Waals surface area (Å²) >= 11 is 12.5. The van der Waals surface area contributed by atoms with Gasteiger partial charge in [-0.25, -0.2) is 0 Å². The Morgan fingerprint density at radius 2 is 1.69 bits per heavy atom. The van der Waals surface area contributed by atoms with Crippen LogP contribution in [0.5, 0.6) is 11.5 Å².